The molecule has 90 valence electrons. The molecule has 0 aliphatic carbocycles. The van der Waals surface area contributed by atoms with E-state index in [1.165, 1.54) is 0 Å². The fourth-order valence-corrected chi connectivity index (χ4v) is 1.53. The van der Waals surface area contributed by atoms with Crippen LogP contribution >= 0.6 is 0 Å². The van der Waals surface area contributed by atoms with Gasteiger partial charge < -0.3 is 10.5 Å². The van der Waals surface area contributed by atoms with Crippen LogP contribution in [0.3, 0.4) is 0 Å². The van der Waals surface area contributed by atoms with Crippen LogP contribution in [0.15, 0.2) is 24.3 Å². The zero-order valence-corrected chi connectivity index (χ0v) is 9.87. The van der Waals surface area contributed by atoms with E-state index in [1.807, 2.05) is 31.2 Å². The van der Waals surface area contributed by atoms with E-state index in [-0.39, 0.29) is 6.10 Å². The first-order valence-corrected chi connectivity index (χ1v) is 5.35. The highest BCUT2D eigenvalue weighted by Gasteiger charge is 2.11. The van der Waals surface area contributed by atoms with Crippen molar-refractivity contribution in [3.8, 4) is 11.4 Å². The van der Waals surface area contributed by atoms with Crippen LogP contribution in [0.1, 0.15) is 6.92 Å². The molecule has 0 saturated heterocycles. The van der Waals surface area contributed by atoms with E-state index in [4.69, 9.17) is 10.5 Å². The summed E-state index contributed by atoms with van der Waals surface area (Å²) >= 11 is 0. The van der Waals surface area contributed by atoms with Gasteiger partial charge in [-0.3, -0.25) is 0 Å². The van der Waals surface area contributed by atoms with Crippen molar-refractivity contribution in [2.45, 2.75) is 19.6 Å². The van der Waals surface area contributed by atoms with Gasteiger partial charge in [0.2, 0.25) is 0 Å². The summed E-state index contributed by atoms with van der Waals surface area (Å²) in [7, 11) is 1.66. The van der Waals surface area contributed by atoms with Gasteiger partial charge in [-0.05, 0) is 29.5 Å². The predicted octanol–water partition coefficient (Wildman–Crippen LogP) is 0.957. The molecule has 0 saturated carbocycles. The second kappa shape index (κ2) is 4.92. The molecule has 2 aromatic rings. The van der Waals surface area contributed by atoms with Crippen molar-refractivity contribution >= 4 is 5.69 Å². The number of hydrogen-bond acceptors (Lipinski definition) is 5. The summed E-state index contributed by atoms with van der Waals surface area (Å²) in [6.07, 6.45) is 0.0540. The zero-order chi connectivity index (χ0) is 12.3. The predicted molar refractivity (Wildman–Crippen MR) is 64.1 cm³/mol. The second-order valence-electron chi connectivity index (χ2n) is 3.86. The number of hydrogen-bond donors (Lipinski definition) is 1. The Morgan fingerprint density at radius 2 is 2.29 bits per heavy atom. The number of ether oxygens (including phenoxy) is 1. The van der Waals surface area contributed by atoms with Crippen molar-refractivity contribution in [1.29, 1.82) is 0 Å². The van der Waals surface area contributed by atoms with Crippen molar-refractivity contribution in [2.75, 3.05) is 12.8 Å². The summed E-state index contributed by atoms with van der Waals surface area (Å²) < 4.78 is 6.91. The maximum atomic E-state index is 5.74. The molecule has 1 heterocycles. The Bertz CT molecular complexity index is 496. The maximum absolute atomic E-state index is 5.74. The SMILES string of the molecule is COC(C)Cn1nnnc1-c1cccc(N)c1. The summed E-state index contributed by atoms with van der Waals surface area (Å²) in [6.45, 7) is 2.57. The number of anilines is 1. The highest BCUT2D eigenvalue weighted by atomic mass is 16.5. The van der Waals surface area contributed by atoms with E-state index in [9.17, 15) is 0 Å². The molecule has 0 bridgehead atoms. The summed E-state index contributed by atoms with van der Waals surface area (Å²) in [6, 6.07) is 7.48. The Labute approximate surface area is 99.4 Å². The van der Waals surface area contributed by atoms with E-state index in [0.29, 0.717) is 18.1 Å². The van der Waals surface area contributed by atoms with Crippen molar-refractivity contribution in [2.24, 2.45) is 0 Å². The lowest BCUT2D eigenvalue weighted by atomic mass is 10.2. The zero-order valence-electron chi connectivity index (χ0n) is 9.87. The van der Waals surface area contributed by atoms with Gasteiger partial charge >= 0.3 is 0 Å². The number of methoxy groups -OCH3 is 1. The van der Waals surface area contributed by atoms with E-state index >= 15 is 0 Å². The van der Waals surface area contributed by atoms with Gasteiger partial charge in [-0.2, -0.15) is 0 Å². The molecular formula is C11H15N5O. The van der Waals surface area contributed by atoms with Crippen LogP contribution in [0.4, 0.5) is 5.69 Å². The van der Waals surface area contributed by atoms with Gasteiger partial charge in [0.1, 0.15) is 0 Å². The van der Waals surface area contributed by atoms with Crippen molar-refractivity contribution in [1.82, 2.24) is 20.2 Å². The summed E-state index contributed by atoms with van der Waals surface area (Å²) in [5.74, 6) is 0.696. The fourth-order valence-electron chi connectivity index (χ4n) is 1.53. The first-order chi connectivity index (χ1) is 8.20. The molecule has 6 nitrogen and oxygen atoms in total. The molecule has 6 heteroatoms. The highest BCUT2D eigenvalue weighted by molar-refractivity contribution is 5.60. The van der Waals surface area contributed by atoms with E-state index < -0.39 is 0 Å². The lowest BCUT2D eigenvalue weighted by Gasteiger charge is -2.10. The molecule has 1 unspecified atom stereocenters. The number of rotatable bonds is 4. The van der Waals surface area contributed by atoms with Gasteiger partial charge in [-0.25, -0.2) is 4.68 Å². The van der Waals surface area contributed by atoms with Crippen LogP contribution in [0.5, 0.6) is 0 Å². The fraction of sp³-hybridized carbons (Fsp3) is 0.364. The molecular weight excluding hydrogens is 218 g/mol. The van der Waals surface area contributed by atoms with Crippen molar-refractivity contribution in [3.63, 3.8) is 0 Å². The van der Waals surface area contributed by atoms with Gasteiger partial charge in [0.05, 0.1) is 12.6 Å². The molecule has 1 aromatic carbocycles. The largest absolute Gasteiger partial charge is 0.399 e. The first-order valence-electron chi connectivity index (χ1n) is 5.35. The van der Waals surface area contributed by atoms with Crippen LogP contribution in [-0.2, 0) is 11.3 Å². The molecule has 0 radical (unpaired) electrons. The van der Waals surface area contributed by atoms with Gasteiger partial charge in [-0.1, -0.05) is 12.1 Å². The molecule has 0 spiro atoms. The average Bonchev–Trinajstić information content (AvgIpc) is 2.77. The van der Waals surface area contributed by atoms with Crippen molar-refractivity contribution in [3.05, 3.63) is 24.3 Å². The Morgan fingerprint density at radius 1 is 1.47 bits per heavy atom. The van der Waals surface area contributed by atoms with Gasteiger partial charge in [0.25, 0.3) is 0 Å². The minimum Gasteiger partial charge on any atom is -0.399 e. The van der Waals surface area contributed by atoms with Crippen LogP contribution in [0.25, 0.3) is 11.4 Å². The Morgan fingerprint density at radius 3 is 3.00 bits per heavy atom. The van der Waals surface area contributed by atoms with Gasteiger partial charge in [-0.15, -0.1) is 5.10 Å². The van der Waals surface area contributed by atoms with E-state index in [2.05, 4.69) is 15.5 Å². The summed E-state index contributed by atoms with van der Waals surface area (Å²) in [5, 5.41) is 11.6. The smallest absolute Gasteiger partial charge is 0.182 e. The standard InChI is InChI=1S/C11H15N5O/c1-8(17-2)7-16-11(13-14-15-16)9-4-3-5-10(12)6-9/h3-6,8H,7,12H2,1-2H3. The molecule has 2 N–H and O–H groups in total. The first kappa shape index (κ1) is 11.5. The number of tetrazole rings is 1. The topological polar surface area (TPSA) is 78.8 Å². The third-order valence-electron chi connectivity index (χ3n) is 2.51. The van der Waals surface area contributed by atoms with Crippen LogP contribution in [0, 0.1) is 0 Å². The number of aromatic nitrogens is 4. The van der Waals surface area contributed by atoms with Crippen LogP contribution in [-0.4, -0.2) is 33.4 Å². The molecule has 0 amide bonds. The normalized spacial score (nSPS) is 12.6. The maximum Gasteiger partial charge on any atom is 0.182 e. The molecule has 1 aromatic heterocycles. The highest BCUT2D eigenvalue weighted by Crippen LogP contribution is 2.18. The molecule has 2 rings (SSSR count). The minimum atomic E-state index is 0.0540. The minimum absolute atomic E-state index is 0.0540. The van der Waals surface area contributed by atoms with Crippen LogP contribution < -0.4 is 5.73 Å². The molecule has 0 fully saturated rings. The number of nitrogen functional groups attached to an aromatic ring is 1. The molecule has 0 aliphatic heterocycles. The second-order valence-corrected chi connectivity index (χ2v) is 3.86. The molecule has 0 aliphatic rings. The number of nitrogens with zero attached hydrogens (tertiary/aromatic N) is 4. The Hall–Kier alpha value is -1.95. The molecule has 1 atom stereocenters. The summed E-state index contributed by atoms with van der Waals surface area (Å²) in [4.78, 5) is 0. The Balaban J connectivity index is 2.30. The average molecular weight is 233 g/mol. The quantitative estimate of drug-likeness (QED) is 0.795. The third-order valence-corrected chi connectivity index (χ3v) is 2.51. The van der Waals surface area contributed by atoms with E-state index in [1.54, 1.807) is 11.8 Å². The monoisotopic (exact) mass is 233 g/mol. The van der Waals surface area contributed by atoms with E-state index in [0.717, 1.165) is 5.56 Å². The lowest BCUT2D eigenvalue weighted by Crippen LogP contribution is -2.16. The third kappa shape index (κ3) is 2.59. The van der Waals surface area contributed by atoms with Crippen molar-refractivity contribution < 1.29 is 4.74 Å². The lowest BCUT2D eigenvalue weighted by molar-refractivity contribution is 0.0997. The van der Waals surface area contributed by atoms with Gasteiger partial charge in [0.15, 0.2) is 5.82 Å². The van der Waals surface area contributed by atoms with Crippen LogP contribution in [0.2, 0.25) is 0 Å². The van der Waals surface area contributed by atoms with Gasteiger partial charge in [0, 0.05) is 18.4 Å². The number of nitrogens with two attached hydrogens (primary N) is 1. The Kier molecular flexibility index (Phi) is 3.34. The summed E-state index contributed by atoms with van der Waals surface area (Å²) in [5.41, 5.74) is 7.33. The number of benzene rings is 1. The molecule has 17 heavy (non-hydrogen) atoms.